The smallest absolute Gasteiger partial charge is 0.295 e. The second-order valence-electron chi connectivity index (χ2n) is 6.12. The molecule has 0 unspecified atom stereocenters. The predicted octanol–water partition coefficient (Wildman–Crippen LogP) is 2.52. The summed E-state index contributed by atoms with van der Waals surface area (Å²) in [5.41, 5.74) is 1.85. The zero-order valence-electron chi connectivity index (χ0n) is 14.9. The number of alkyl halides is 2. The number of nitrogens with zero attached hydrogens (tertiary/aromatic N) is 1. The standard InChI is InChI=1S/C18H18F2N4O3S/c1-11-2-5-13(6-3-11)28(26,27)22-9-8-21-18(25)12-4-7-14-15(10-12)24-17(23-14)16(19)20/h2-7,10,16,22H,8-9H2,1H3,(H,21,25)(H,23,24). The summed E-state index contributed by atoms with van der Waals surface area (Å²) in [6.07, 6.45) is -2.73. The molecule has 28 heavy (non-hydrogen) atoms. The van der Waals surface area contributed by atoms with Crippen molar-refractivity contribution < 1.29 is 22.0 Å². The van der Waals surface area contributed by atoms with Crippen LogP contribution in [0, 0.1) is 6.92 Å². The quantitative estimate of drug-likeness (QED) is 0.523. The summed E-state index contributed by atoms with van der Waals surface area (Å²) in [7, 11) is -3.66. The highest BCUT2D eigenvalue weighted by molar-refractivity contribution is 7.89. The molecule has 3 rings (SSSR count). The van der Waals surface area contributed by atoms with E-state index in [4.69, 9.17) is 0 Å². The fourth-order valence-corrected chi connectivity index (χ4v) is 3.57. The minimum Gasteiger partial charge on any atom is -0.351 e. The van der Waals surface area contributed by atoms with Gasteiger partial charge in [-0.3, -0.25) is 4.79 Å². The lowest BCUT2D eigenvalue weighted by Crippen LogP contribution is -2.34. The molecule has 0 fully saturated rings. The molecular formula is C18H18F2N4O3S. The van der Waals surface area contributed by atoms with Gasteiger partial charge >= 0.3 is 0 Å². The van der Waals surface area contributed by atoms with Crippen molar-refractivity contribution in [3.63, 3.8) is 0 Å². The molecule has 2 aromatic carbocycles. The van der Waals surface area contributed by atoms with E-state index in [0.717, 1.165) is 5.56 Å². The van der Waals surface area contributed by atoms with Crippen molar-refractivity contribution in [3.8, 4) is 0 Å². The second kappa shape index (κ2) is 8.03. The van der Waals surface area contributed by atoms with Crippen molar-refractivity contribution in [3.05, 3.63) is 59.4 Å². The van der Waals surface area contributed by atoms with Gasteiger partial charge in [0.1, 0.15) is 0 Å². The zero-order chi connectivity index (χ0) is 20.3. The Morgan fingerprint density at radius 1 is 1.14 bits per heavy atom. The SMILES string of the molecule is Cc1ccc(S(=O)(=O)NCCNC(=O)c2ccc3nc(C(F)F)[nH]c3c2)cc1. The number of aromatic amines is 1. The van der Waals surface area contributed by atoms with Gasteiger partial charge in [-0.1, -0.05) is 17.7 Å². The van der Waals surface area contributed by atoms with Gasteiger partial charge in [0.25, 0.3) is 12.3 Å². The van der Waals surface area contributed by atoms with Crippen LogP contribution in [-0.2, 0) is 10.0 Å². The van der Waals surface area contributed by atoms with Crippen molar-refractivity contribution in [2.45, 2.75) is 18.2 Å². The number of sulfonamides is 1. The van der Waals surface area contributed by atoms with Gasteiger partial charge in [0.15, 0.2) is 5.82 Å². The molecule has 1 aromatic heterocycles. The number of H-pyrrole nitrogens is 1. The second-order valence-corrected chi connectivity index (χ2v) is 7.89. The summed E-state index contributed by atoms with van der Waals surface area (Å²) < 4.78 is 52.1. The maximum Gasteiger partial charge on any atom is 0.295 e. The van der Waals surface area contributed by atoms with Crippen LogP contribution in [0.1, 0.15) is 28.2 Å². The minimum absolute atomic E-state index is 0.00375. The monoisotopic (exact) mass is 408 g/mol. The first-order valence-electron chi connectivity index (χ1n) is 8.38. The minimum atomic E-state index is -3.66. The molecule has 0 saturated carbocycles. The lowest BCUT2D eigenvalue weighted by atomic mass is 10.2. The van der Waals surface area contributed by atoms with Crippen LogP contribution >= 0.6 is 0 Å². The highest BCUT2D eigenvalue weighted by Gasteiger charge is 2.15. The molecule has 3 aromatic rings. The number of hydrogen-bond donors (Lipinski definition) is 3. The highest BCUT2D eigenvalue weighted by Crippen LogP contribution is 2.20. The van der Waals surface area contributed by atoms with Crippen LogP contribution in [0.25, 0.3) is 11.0 Å². The molecule has 148 valence electrons. The largest absolute Gasteiger partial charge is 0.351 e. The maximum atomic E-state index is 12.7. The molecular weight excluding hydrogens is 390 g/mol. The lowest BCUT2D eigenvalue weighted by molar-refractivity contribution is 0.0954. The highest BCUT2D eigenvalue weighted by atomic mass is 32.2. The third-order valence-corrected chi connectivity index (χ3v) is 5.48. The molecule has 1 heterocycles. The normalized spacial score (nSPS) is 11.9. The Hall–Kier alpha value is -2.85. The van der Waals surface area contributed by atoms with Crippen molar-refractivity contribution in [1.82, 2.24) is 20.0 Å². The molecule has 0 saturated heterocycles. The van der Waals surface area contributed by atoms with Crippen molar-refractivity contribution in [2.24, 2.45) is 0 Å². The molecule has 7 nitrogen and oxygen atoms in total. The number of benzene rings is 2. The Morgan fingerprint density at radius 3 is 2.54 bits per heavy atom. The van der Waals surface area contributed by atoms with E-state index in [1.165, 1.54) is 30.3 Å². The first-order valence-corrected chi connectivity index (χ1v) is 9.87. The molecule has 3 N–H and O–H groups in total. The summed E-state index contributed by atoms with van der Waals surface area (Å²) >= 11 is 0. The number of amides is 1. The third-order valence-electron chi connectivity index (χ3n) is 4.00. The van der Waals surface area contributed by atoms with Crippen molar-refractivity contribution >= 4 is 27.0 Å². The van der Waals surface area contributed by atoms with Gasteiger partial charge in [0.05, 0.1) is 15.9 Å². The average Bonchev–Trinajstić information content (AvgIpc) is 3.09. The number of hydrogen-bond acceptors (Lipinski definition) is 4. The van der Waals surface area contributed by atoms with Gasteiger partial charge < -0.3 is 10.3 Å². The number of imidazole rings is 1. The first-order chi connectivity index (χ1) is 13.3. The lowest BCUT2D eigenvalue weighted by Gasteiger charge is -2.08. The van der Waals surface area contributed by atoms with Gasteiger partial charge in [-0.15, -0.1) is 0 Å². The topological polar surface area (TPSA) is 104 Å². The third kappa shape index (κ3) is 4.52. The van der Waals surface area contributed by atoms with Crippen LogP contribution in [-0.4, -0.2) is 37.4 Å². The van der Waals surface area contributed by atoms with Crippen LogP contribution in [0.5, 0.6) is 0 Å². The van der Waals surface area contributed by atoms with Gasteiger partial charge in [-0.05, 0) is 37.3 Å². The molecule has 1 amide bonds. The van der Waals surface area contributed by atoms with Crippen LogP contribution in [0.2, 0.25) is 0 Å². The molecule has 0 spiro atoms. The van der Waals surface area contributed by atoms with Gasteiger partial charge in [0, 0.05) is 18.7 Å². The van der Waals surface area contributed by atoms with Crippen molar-refractivity contribution in [1.29, 1.82) is 0 Å². The number of carbonyl (C=O) groups excluding carboxylic acids is 1. The van der Waals surface area contributed by atoms with Gasteiger partial charge in [-0.25, -0.2) is 26.9 Å². The zero-order valence-corrected chi connectivity index (χ0v) is 15.7. The Bertz CT molecular complexity index is 1100. The van der Waals surface area contributed by atoms with Crippen LogP contribution in [0.4, 0.5) is 8.78 Å². The van der Waals surface area contributed by atoms with Crippen molar-refractivity contribution in [2.75, 3.05) is 13.1 Å². The number of carbonyl (C=O) groups is 1. The number of aromatic nitrogens is 2. The van der Waals surface area contributed by atoms with E-state index >= 15 is 0 Å². The van der Waals surface area contributed by atoms with Crippen LogP contribution in [0.3, 0.4) is 0 Å². The molecule has 10 heteroatoms. The summed E-state index contributed by atoms with van der Waals surface area (Å²) in [5.74, 6) is -0.914. The van der Waals surface area contributed by atoms with E-state index in [0.29, 0.717) is 11.0 Å². The summed E-state index contributed by atoms with van der Waals surface area (Å²) in [6.45, 7) is 1.92. The molecule has 0 aliphatic rings. The Labute approximate surface area is 160 Å². The van der Waals surface area contributed by atoms with E-state index < -0.39 is 28.2 Å². The fourth-order valence-electron chi connectivity index (χ4n) is 2.54. The average molecular weight is 408 g/mol. The number of rotatable bonds is 7. The Balaban J connectivity index is 1.56. The van der Waals surface area contributed by atoms with Gasteiger partial charge in [-0.2, -0.15) is 0 Å². The molecule has 0 aliphatic carbocycles. The van der Waals surface area contributed by atoms with Gasteiger partial charge in [0.2, 0.25) is 10.0 Å². The molecule has 0 radical (unpaired) electrons. The predicted molar refractivity (Wildman–Crippen MR) is 99.8 cm³/mol. The summed E-state index contributed by atoms with van der Waals surface area (Å²) in [5, 5.41) is 2.58. The number of halogens is 2. The number of fused-ring (bicyclic) bond motifs is 1. The van der Waals surface area contributed by atoms with E-state index in [1.807, 2.05) is 6.92 Å². The number of aryl methyl sites for hydroxylation is 1. The molecule has 0 bridgehead atoms. The fraction of sp³-hybridized carbons (Fsp3) is 0.222. The van der Waals surface area contributed by atoms with Crippen LogP contribution in [0.15, 0.2) is 47.4 Å². The summed E-state index contributed by atoms with van der Waals surface area (Å²) in [6, 6.07) is 10.7. The van der Waals surface area contributed by atoms with E-state index in [9.17, 15) is 22.0 Å². The maximum absolute atomic E-state index is 12.7. The molecule has 0 atom stereocenters. The summed E-state index contributed by atoms with van der Waals surface area (Å²) in [4.78, 5) is 18.5. The molecule has 0 aliphatic heterocycles. The Morgan fingerprint density at radius 2 is 1.86 bits per heavy atom. The van der Waals surface area contributed by atoms with Crippen LogP contribution < -0.4 is 10.0 Å². The first kappa shape index (κ1) is 19.9. The van der Waals surface area contributed by atoms with E-state index in [-0.39, 0.29) is 23.5 Å². The van der Waals surface area contributed by atoms with E-state index in [1.54, 1.807) is 12.1 Å². The van der Waals surface area contributed by atoms with E-state index in [2.05, 4.69) is 20.0 Å². The Kier molecular flexibility index (Phi) is 5.71. The number of nitrogens with one attached hydrogen (secondary N) is 3.